The van der Waals surface area contributed by atoms with E-state index in [9.17, 15) is 9.59 Å². The van der Waals surface area contributed by atoms with Crippen molar-refractivity contribution in [2.45, 2.75) is 0 Å². The minimum Gasteiger partial charge on any atom is -0.273 e. The second kappa shape index (κ2) is 5.44. The van der Waals surface area contributed by atoms with E-state index < -0.39 is 0 Å². The third-order valence-electron chi connectivity index (χ3n) is 6.01. The molecule has 148 valence electrons. The lowest BCUT2D eigenvalue weighted by Crippen LogP contribution is -2.12. The van der Waals surface area contributed by atoms with Crippen molar-refractivity contribution in [1.29, 1.82) is 0 Å². The van der Waals surface area contributed by atoms with Crippen LogP contribution >= 0.6 is 65.9 Å². The van der Waals surface area contributed by atoms with Gasteiger partial charge < -0.3 is 0 Å². The maximum absolute atomic E-state index is 13.6. The zero-order valence-corrected chi connectivity index (χ0v) is 20.6. The lowest BCUT2D eigenvalue weighted by atomic mass is 10.1. The molecule has 0 bridgehead atoms. The van der Waals surface area contributed by atoms with E-state index in [1.807, 2.05) is 29.1 Å². The van der Waals surface area contributed by atoms with E-state index >= 15 is 0 Å². The molecule has 0 saturated heterocycles. The molecule has 8 heterocycles. The Morgan fingerprint density at radius 1 is 0.806 bits per heavy atom. The van der Waals surface area contributed by atoms with Crippen LogP contribution in [0.2, 0.25) is 0 Å². The van der Waals surface area contributed by atoms with Crippen LogP contribution in [0.25, 0.3) is 62.5 Å². The highest BCUT2D eigenvalue weighted by Gasteiger charge is 2.25. The van der Waals surface area contributed by atoms with E-state index in [-0.39, 0.29) is 11.1 Å². The average molecular weight is 587 g/mol. The standard InChI is InChI=1S/C21H5Br2N3O2S3/c22-7-4-29-11-1-9-6-3-24-15-10-2-12-17(8(23)5-30-12)26(10)21(28)19-14(15)13(6)18(31-19)20(27)25(9)16(7)11/h1-5H. The third-order valence-corrected chi connectivity index (χ3v) is 10.8. The summed E-state index contributed by atoms with van der Waals surface area (Å²) in [6.07, 6.45) is 1.85. The molecule has 8 aromatic rings. The quantitative estimate of drug-likeness (QED) is 0.187. The SMILES string of the molecule is O=c1c2sc3c(=O)n4c(cc5scc(Br)c54)c4ncc(c2c34)c2cc3scc(Br)c3n12. The van der Waals surface area contributed by atoms with Crippen LogP contribution in [0.15, 0.2) is 47.6 Å². The molecule has 0 radical (unpaired) electrons. The number of thiophene rings is 3. The van der Waals surface area contributed by atoms with Crippen LogP contribution in [0.4, 0.5) is 0 Å². The van der Waals surface area contributed by atoms with Gasteiger partial charge in [0.2, 0.25) is 0 Å². The van der Waals surface area contributed by atoms with Gasteiger partial charge in [0.1, 0.15) is 9.40 Å². The molecule has 0 fully saturated rings. The molecule has 0 amide bonds. The Balaban J connectivity index is 1.74. The summed E-state index contributed by atoms with van der Waals surface area (Å²) in [5.74, 6) is 0. The molecule has 0 unspecified atom stereocenters. The Kier molecular flexibility index (Phi) is 3.06. The summed E-state index contributed by atoms with van der Waals surface area (Å²) in [5.41, 5.74) is 3.94. The fourth-order valence-electron chi connectivity index (χ4n) is 4.81. The van der Waals surface area contributed by atoms with Gasteiger partial charge in [-0.1, -0.05) is 0 Å². The van der Waals surface area contributed by atoms with Gasteiger partial charge in [-0.3, -0.25) is 23.4 Å². The first kappa shape index (κ1) is 17.4. The Bertz CT molecular complexity index is 2030. The van der Waals surface area contributed by atoms with Crippen molar-refractivity contribution in [3.63, 3.8) is 0 Å². The summed E-state index contributed by atoms with van der Waals surface area (Å²) < 4.78 is 8.54. The second-order valence-corrected chi connectivity index (χ2v) is 12.0. The Morgan fingerprint density at radius 3 is 2.06 bits per heavy atom. The van der Waals surface area contributed by atoms with Crippen LogP contribution in [0.3, 0.4) is 0 Å². The Hall–Kier alpha value is -2.11. The van der Waals surface area contributed by atoms with Gasteiger partial charge in [0.15, 0.2) is 0 Å². The highest BCUT2D eigenvalue weighted by molar-refractivity contribution is 9.11. The molecule has 0 spiro atoms. The van der Waals surface area contributed by atoms with Crippen molar-refractivity contribution < 1.29 is 0 Å². The molecule has 31 heavy (non-hydrogen) atoms. The minimum absolute atomic E-state index is 0.0868. The smallest absolute Gasteiger partial charge is 0.273 e. The summed E-state index contributed by atoms with van der Waals surface area (Å²) >= 11 is 11.6. The molecule has 5 nitrogen and oxygen atoms in total. The van der Waals surface area contributed by atoms with Gasteiger partial charge in [0.25, 0.3) is 11.1 Å². The molecule has 8 aromatic heterocycles. The largest absolute Gasteiger partial charge is 0.273 e. The van der Waals surface area contributed by atoms with Crippen LogP contribution in [-0.4, -0.2) is 13.8 Å². The van der Waals surface area contributed by atoms with Crippen molar-refractivity contribution in [3.05, 3.63) is 58.7 Å². The summed E-state index contributed by atoms with van der Waals surface area (Å²) in [4.78, 5) is 32.1. The molecule has 0 saturated carbocycles. The number of nitrogens with zero attached hydrogens (tertiary/aromatic N) is 3. The van der Waals surface area contributed by atoms with E-state index in [1.165, 1.54) is 11.3 Å². The van der Waals surface area contributed by atoms with Gasteiger partial charge in [-0.05, 0) is 44.0 Å². The first-order valence-corrected chi connectivity index (χ1v) is 13.3. The van der Waals surface area contributed by atoms with E-state index in [0.29, 0.717) is 9.40 Å². The topological polar surface area (TPSA) is 55.8 Å². The van der Waals surface area contributed by atoms with Gasteiger partial charge in [-0.2, -0.15) is 0 Å². The van der Waals surface area contributed by atoms with Gasteiger partial charge in [0.05, 0.1) is 45.9 Å². The van der Waals surface area contributed by atoms with Gasteiger partial charge in [0, 0.05) is 33.1 Å². The molecule has 0 atom stereocenters. The number of hydrogen-bond donors (Lipinski definition) is 0. The van der Waals surface area contributed by atoms with Crippen LogP contribution in [0, 0.1) is 0 Å². The van der Waals surface area contributed by atoms with Crippen LogP contribution in [0.5, 0.6) is 0 Å². The Labute approximate surface area is 199 Å². The van der Waals surface area contributed by atoms with E-state index in [1.54, 1.807) is 31.5 Å². The maximum atomic E-state index is 13.6. The molecule has 10 heteroatoms. The molecule has 0 aliphatic heterocycles. The number of rotatable bonds is 0. The van der Waals surface area contributed by atoms with Crippen molar-refractivity contribution in [3.8, 4) is 0 Å². The third kappa shape index (κ3) is 1.84. The first-order chi connectivity index (χ1) is 15.0. The number of pyridine rings is 3. The molecular formula is C21H5Br2N3O2S3. The molecular weight excluding hydrogens is 582 g/mol. The van der Waals surface area contributed by atoms with E-state index in [0.717, 1.165) is 62.1 Å². The fourth-order valence-corrected chi connectivity index (χ4v) is 9.26. The monoisotopic (exact) mass is 585 g/mol. The summed E-state index contributed by atoms with van der Waals surface area (Å²) in [6.45, 7) is 0. The highest BCUT2D eigenvalue weighted by atomic mass is 79.9. The van der Waals surface area contributed by atoms with Crippen molar-refractivity contribution in [1.82, 2.24) is 13.8 Å². The normalized spacial score (nSPS) is 13.1. The van der Waals surface area contributed by atoms with Crippen LogP contribution < -0.4 is 11.1 Å². The summed E-state index contributed by atoms with van der Waals surface area (Å²) in [5, 5.41) is 6.54. The summed E-state index contributed by atoms with van der Waals surface area (Å²) in [6, 6.07) is 4.07. The lowest BCUT2D eigenvalue weighted by Gasteiger charge is -2.06. The average Bonchev–Trinajstić information content (AvgIpc) is 3.53. The number of fused-ring (bicyclic) bond motifs is 8. The van der Waals surface area contributed by atoms with E-state index in [4.69, 9.17) is 4.98 Å². The zero-order chi connectivity index (χ0) is 20.8. The van der Waals surface area contributed by atoms with Gasteiger partial charge in [-0.25, -0.2) is 0 Å². The van der Waals surface area contributed by atoms with Crippen LogP contribution in [-0.2, 0) is 0 Å². The zero-order valence-electron chi connectivity index (χ0n) is 15.0. The molecule has 0 N–H and O–H groups in total. The maximum Gasteiger partial charge on any atom is 0.273 e. The predicted molar refractivity (Wildman–Crippen MR) is 138 cm³/mol. The summed E-state index contributed by atoms with van der Waals surface area (Å²) in [7, 11) is 0. The molecule has 0 aliphatic carbocycles. The van der Waals surface area contributed by atoms with Crippen molar-refractivity contribution >= 4 is 128 Å². The number of halogens is 2. The lowest BCUT2D eigenvalue weighted by molar-refractivity contribution is 1.20. The van der Waals surface area contributed by atoms with Gasteiger partial charge in [-0.15, -0.1) is 34.0 Å². The Morgan fingerprint density at radius 2 is 1.39 bits per heavy atom. The predicted octanol–water partition coefficient (Wildman–Crippen LogP) is 6.66. The minimum atomic E-state index is -0.0990. The molecule has 8 rings (SSSR count). The first-order valence-electron chi connectivity index (χ1n) is 9.17. The number of aromatic nitrogens is 3. The highest BCUT2D eigenvalue weighted by Crippen LogP contribution is 2.43. The molecule has 0 aromatic carbocycles. The van der Waals surface area contributed by atoms with Gasteiger partial charge >= 0.3 is 0 Å². The van der Waals surface area contributed by atoms with Crippen LogP contribution in [0.1, 0.15) is 0 Å². The molecule has 0 aliphatic rings. The van der Waals surface area contributed by atoms with Crippen molar-refractivity contribution in [2.75, 3.05) is 0 Å². The second-order valence-electron chi connectivity index (χ2n) is 7.46. The number of hydrogen-bond acceptors (Lipinski definition) is 6. The van der Waals surface area contributed by atoms with Crippen molar-refractivity contribution in [2.24, 2.45) is 0 Å². The fraction of sp³-hybridized carbons (Fsp3) is 0. The van der Waals surface area contributed by atoms with E-state index in [2.05, 4.69) is 31.9 Å².